The fourth-order valence-corrected chi connectivity index (χ4v) is 6.03. The van der Waals surface area contributed by atoms with Gasteiger partial charge in [-0.05, 0) is 37.1 Å². The largest absolute Gasteiger partial charge is 0.302 e. The molecular formula is C19H17ClFN3O3S2. The number of carbonyl (C=O) groups excluding carboxylic acids is 1. The smallest absolute Gasteiger partial charge is 0.245 e. The number of piperidine rings is 1. The fraction of sp³-hybridized carbons (Fsp3) is 0.263. The summed E-state index contributed by atoms with van der Waals surface area (Å²) in [5.41, 5.74) is 0.639. The Kier molecular flexibility index (Phi) is 5.56. The van der Waals surface area contributed by atoms with Crippen LogP contribution in [0.1, 0.15) is 12.8 Å². The van der Waals surface area contributed by atoms with E-state index in [9.17, 15) is 17.6 Å². The summed E-state index contributed by atoms with van der Waals surface area (Å²) in [4.78, 5) is 16.6. The number of hydrogen-bond acceptors (Lipinski definition) is 5. The van der Waals surface area contributed by atoms with Crippen LogP contribution in [0, 0.1) is 11.7 Å². The molecule has 0 saturated carbocycles. The van der Waals surface area contributed by atoms with Crippen LogP contribution in [0.2, 0.25) is 5.02 Å². The predicted molar refractivity (Wildman–Crippen MR) is 111 cm³/mol. The second-order valence-corrected chi connectivity index (χ2v) is 10.0. The van der Waals surface area contributed by atoms with Gasteiger partial charge in [0.15, 0.2) is 5.13 Å². The lowest BCUT2D eigenvalue weighted by molar-refractivity contribution is -0.120. The highest BCUT2D eigenvalue weighted by Gasteiger charge is 2.33. The number of para-hydroxylation sites is 1. The van der Waals surface area contributed by atoms with Gasteiger partial charge in [-0.1, -0.05) is 41.1 Å². The quantitative estimate of drug-likeness (QED) is 0.644. The minimum absolute atomic E-state index is 0.153. The van der Waals surface area contributed by atoms with Crippen molar-refractivity contribution in [3.8, 4) is 0 Å². The number of halogens is 2. The number of carbonyl (C=O) groups is 1. The van der Waals surface area contributed by atoms with E-state index in [-0.39, 0.29) is 29.8 Å². The fourth-order valence-electron chi connectivity index (χ4n) is 3.33. The maximum Gasteiger partial charge on any atom is 0.245 e. The summed E-state index contributed by atoms with van der Waals surface area (Å²) in [5, 5.41) is 3.78. The molecule has 0 aliphatic carbocycles. The summed E-state index contributed by atoms with van der Waals surface area (Å²) in [6.45, 7) is 0.306. The van der Waals surface area contributed by atoms with Gasteiger partial charge in [-0.15, -0.1) is 0 Å². The van der Waals surface area contributed by atoms with Crippen molar-refractivity contribution in [2.45, 2.75) is 17.7 Å². The van der Waals surface area contributed by atoms with Crippen molar-refractivity contribution in [3.05, 3.63) is 53.3 Å². The Hall–Kier alpha value is -2.07. The predicted octanol–water partition coefficient (Wildman–Crippen LogP) is 4.13. The lowest BCUT2D eigenvalue weighted by Crippen LogP contribution is -2.41. The third-order valence-corrected chi connectivity index (χ3v) is 8.05. The van der Waals surface area contributed by atoms with E-state index >= 15 is 0 Å². The molecule has 1 aliphatic rings. The SMILES string of the molecule is O=C(Nc1nc2c(Cl)cccc2s1)C1CCN(S(=O)(=O)c2ccccc2F)CC1. The van der Waals surface area contributed by atoms with Gasteiger partial charge in [0.2, 0.25) is 15.9 Å². The number of sulfonamides is 1. The number of aromatic nitrogens is 1. The van der Waals surface area contributed by atoms with Crippen molar-refractivity contribution in [1.29, 1.82) is 0 Å². The molecular weight excluding hydrogens is 437 g/mol. The summed E-state index contributed by atoms with van der Waals surface area (Å²) in [6, 6.07) is 10.7. The maximum absolute atomic E-state index is 13.9. The average molecular weight is 454 g/mol. The maximum atomic E-state index is 13.9. The summed E-state index contributed by atoms with van der Waals surface area (Å²) >= 11 is 7.45. The first-order valence-electron chi connectivity index (χ1n) is 8.97. The Bertz CT molecular complexity index is 1170. The van der Waals surface area contributed by atoms with Gasteiger partial charge in [-0.2, -0.15) is 4.31 Å². The van der Waals surface area contributed by atoms with Crippen LogP contribution in [0.5, 0.6) is 0 Å². The first-order chi connectivity index (χ1) is 13.9. The van der Waals surface area contributed by atoms with E-state index < -0.39 is 15.8 Å². The zero-order valence-corrected chi connectivity index (χ0v) is 17.5. The molecule has 0 spiro atoms. The van der Waals surface area contributed by atoms with E-state index in [0.29, 0.717) is 28.5 Å². The lowest BCUT2D eigenvalue weighted by atomic mass is 9.97. The molecule has 1 N–H and O–H groups in total. The number of thiazole rings is 1. The van der Waals surface area contributed by atoms with Crippen LogP contribution in [0.25, 0.3) is 10.2 Å². The number of amides is 1. The normalized spacial score (nSPS) is 16.2. The van der Waals surface area contributed by atoms with Crippen molar-refractivity contribution in [3.63, 3.8) is 0 Å². The highest BCUT2D eigenvalue weighted by Crippen LogP contribution is 2.32. The monoisotopic (exact) mass is 453 g/mol. The van der Waals surface area contributed by atoms with E-state index in [0.717, 1.165) is 10.8 Å². The lowest BCUT2D eigenvalue weighted by Gasteiger charge is -2.30. The van der Waals surface area contributed by atoms with Crippen LogP contribution < -0.4 is 5.32 Å². The third kappa shape index (κ3) is 4.00. The van der Waals surface area contributed by atoms with Gasteiger partial charge in [0, 0.05) is 19.0 Å². The molecule has 1 amide bonds. The molecule has 10 heteroatoms. The minimum Gasteiger partial charge on any atom is -0.302 e. The Balaban J connectivity index is 1.42. The molecule has 0 atom stereocenters. The third-order valence-electron chi connectivity index (χ3n) is 4.88. The molecule has 1 aromatic heterocycles. The molecule has 3 aromatic rings. The second-order valence-electron chi connectivity index (χ2n) is 6.70. The standard InChI is InChI=1S/C19H17ClFN3O3S2/c20-13-4-3-6-15-17(13)22-19(28-15)23-18(25)12-8-10-24(11-9-12)29(26,27)16-7-2-1-5-14(16)21/h1-7,12H,8-11H2,(H,22,23,25). The zero-order valence-electron chi connectivity index (χ0n) is 15.1. The van der Waals surface area contributed by atoms with Gasteiger partial charge in [0.05, 0.1) is 9.72 Å². The van der Waals surface area contributed by atoms with Crippen LogP contribution >= 0.6 is 22.9 Å². The van der Waals surface area contributed by atoms with E-state index in [1.165, 1.54) is 33.8 Å². The zero-order chi connectivity index (χ0) is 20.6. The number of benzene rings is 2. The summed E-state index contributed by atoms with van der Waals surface area (Å²) in [7, 11) is -3.92. The van der Waals surface area contributed by atoms with Gasteiger partial charge >= 0.3 is 0 Å². The molecule has 4 rings (SSSR count). The number of rotatable bonds is 4. The van der Waals surface area contributed by atoms with Gasteiger partial charge in [0.25, 0.3) is 0 Å². The average Bonchev–Trinajstić information content (AvgIpc) is 3.12. The van der Waals surface area contributed by atoms with Crippen molar-refractivity contribution in [1.82, 2.24) is 9.29 Å². The molecule has 1 aliphatic heterocycles. The molecule has 2 heterocycles. The van der Waals surface area contributed by atoms with E-state index in [2.05, 4.69) is 10.3 Å². The Morgan fingerprint density at radius 1 is 1.17 bits per heavy atom. The molecule has 1 saturated heterocycles. The highest BCUT2D eigenvalue weighted by molar-refractivity contribution is 7.89. The Morgan fingerprint density at radius 2 is 1.90 bits per heavy atom. The second kappa shape index (κ2) is 7.98. The van der Waals surface area contributed by atoms with Crippen LogP contribution in [0.4, 0.5) is 9.52 Å². The molecule has 152 valence electrons. The molecule has 0 bridgehead atoms. The first-order valence-corrected chi connectivity index (χ1v) is 11.6. The van der Waals surface area contributed by atoms with E-state index in [1.807, 2.05) is 12.1 Å². The summed E-state index contributed by atoms with van der Waals surface area (Å²) in [6.07, 6.45) is 0.705. The van der Waals surface area contributed by atoms with E-state index in [1.54, 1.807) is 6.07 Å². The highest BCUT2D eigenvalue weighted by atomic mass is 35.5. The molecule has 0 unspecified atom stereocenters. The number of nitrogens with zero attached hydrogens (tertiary/aromatic N) is 2. The first kappa shape index (κ1) is 20.2. The van der Waals surface area contributed by atoms with Crippen LogP contribution in [-0.2, 0) is 14.8 Å². The summed E-state index contributed by atoms with van der Waals surface area (Å²) < 4.78 is 41.4. The van der Waals surface area contributed by atoms with Crippen molar-refractivity contribution in [2.24, 2.45) is 5.92 Å². The molecule has 1 fully saturated rings. The molecule has 0 radical (unpaired) electrons. The topological polar surface area (TPSA) is 79.4 Å². The van der Waals surface area contributed by atoms with Gasteiger partial charge < -0.3 is 5.32 Å². The molecule has 2 aromatic carbocycles. The molecule has 29 heavy (non-hydrogen) atoms. The van der Waals surface area contributed by atoms with Crippen molar-refractivity contribution in [2.75, 3.05) is 18.4 Å². The number of anilines is 1. The van der Waals surface area contributed by atoms with Gasteiger partial charge in [0.1, 0.15) is 16.2 Å². The van der Waals surface area contributed by atoms with Crippen molar-refractivity contribution >= 4 is 54.2 Å². The van der Waals surface area contributed by atoms with Crippen molar-refractivity contribution < 1.29 is 17.6 Å². The Morgan fingerprint density at radius 3 is 2.59 bits per heavy atom. The van der Waals surface area contributed by atoms with Crippen LogP contribution in [0.15, 0.2) is 47.4 Å². The Labute approximate surface area is 176 Å². The summed E-state index contributed by atoms with van der Waals surface area (Å²) in [5.74, 6) is -1.32. The van der Waals surface area contributed by atoms with E-state index in [4.69, 9.17) is 11.6 Å². The van der Waals surface area contributed by atoms with Gasteiger partial charge in [-0.3, -0.25) is 4.79 Å². The van der Waals surface area contributed by atoms with Crippen LogP contribution in [0.3, 0.4) is 0 Å². The number of fused-ring (bicyclic) bond motifs is 1. The molecule has 6 nitrogen and oxygen atoms in total. The number of nitrogens with one attached hydrogen (secondary N) is 1. The van der Waals surface area contributed by atoms with Gasteiger partial charge in [-0.25, -0.2) is 17.8 Å². The number of hydrogen-bond donors (Lipinski definition) is 1. The van der Waals surface area contributed by atoms with Crippen LogP contribution in [-0.4, -0.2) is 36.7 Å². The minimum atomic E-state index is -3.92.